The van der Waals surface area contributed by atoms with Crippen molar-refractivity contribution in [1.82, 2.24) is 19.3 Å². The van der Waals surface area contributed by atoms with Gasteiger partial charge in [0.05, 0.1) is 5.69 Å². The SMILES string of the molecule is CCCc1nn(-c2[c-]c(Oc3[c-]c4c(cc3)c3ccccc3n4-c3cc(CC)ccn3)cc(C(C)C)c2)c(CCC)c1-c1c(C)cccc1C.[Pt+2]. The van der Waals surface area contributed by atoms with Crippen molar-refractivity contribution in [3.63, 3.8) is 0 Å². The van der Waals surface area contributed by atoms with Crippen LogP contribution in [0.2, 0.25) is 0 Å². The zero-order chi connectivity index (χ0) is 34.9. The van der Waals surface area contributed by atoms with E-state index in [0.29, 0.717) is 11.5 Å². The third-order valence-corrected chi connectivity index (χ3v) is 9.73. The van der Waals surface area contributed by atoms with Crippen LogP contribution in [0.15, 0.2) is 85.1 Å². The fourth-order valence-corrected chi connectivity index (χ4v) is 7.22. The summed E-state index contributed by atoms with van der Waals surface area (Å²) >= 11 is 0. The van der Waals surface area contributed by atoms with Gasteiger partial charge in [-0.15, -0.1) is 41.3 Å². The first-order chi connectivity index (χ1) is 24.3. The van der Waals surface area contributed by atoms with E-state index in [2.05, 4.69) is 143 Å². The van der Waals surface area contributed by atoms with Crippen LogP contribution in [0.1, 0.15) is 87.0 Å². The molecule has 0 aliphatic carbocycles. The van der Waals surface area contributed by atoms with E-state index in [1.165, 1.54) is 39.1 Å². The van der Waals surface area contributed by atoms with Crippen LogP contribution < -0.4 is 4.74 Å². The molecule has 0 atom stereocenters. The van der Waals surface area contributed by atoms with Gasteiger partial charge >= 0.3 is 21.1 Å². The van der Waals surface area contributed by atoms with E-state index in [9.17, 15) is 0 Å². The Morgan fingerprint density at radius 3 is 2.25 bits per heavy atom. The molecule has 7 aromatic rings. The van der Waals surface area contributed by atoms with Gasteiger partial charge in [-0.25, -0.2) is 4.98 Å². The van der Waals surface area contributed by atoms with Gasteiger partial charge in [0, 0.05) is 34.5 Å². The van der Waals surface area contributed by atoms with Gasteiger partial charge in [-0.05, 0) is 90.6 Å². The molecule has 51 heavy (non-hydrogen) atoms. The predicted molar refractivity (Wildman–Crippen MR) is 206 cm³/mol. The van der Waals surface area contributed by atoms with Crippen molar-refractivity contribution in [1.29, 1.82) is 0 Å². The first-order valence-electron chi connectivity index (χ1n) is 18.1. The summed E-state index contributed by atoms with van der Waals surface area (Å²) in [5.41, 5.74) is 12.9. The van der Waals surface area contributed by atoms with E-state index in [-0.39, 0.29) is 27.0 Å². The summed E-state index contributed by atoms with van der Waals surface area (Å²) in [6.45, 7) is 15.5. The van der Waals surface area contributed by atoms with Crippen LogP contribution in [0, 0.1) is 26.0 Å². The second-order valence-corrected chi connectivity index (χ2v) is 13.7. The minimum atomic E-state index is 0. The Hall–Kier alpha value is -4.47. The summed E-state index contributed by atoms with van der Waals surface area (Å²) in [5.74, 6) is 2.45. The second-order valence-electron chi connectivity index (χ2n) is 13.7. The van der Waals surface area contributed by atoms with Gasteiger partial charge in [-0.3, -0.25) is 4.68 Å². The van der Waals surface area contributed by atoms with Gasteiger partial charge < -0.3 is 9.30 Å². The van der Waals surface area contributed by atoms with Gasteiger partial charge in [-0.2, -0.15) is 11.2 Å². The number of pyridine rings is 1. The summed E-state index contributed by atoms with van der Waals surface area (Å²) < 4.78 is 11.0. The van der Waals surface area contributed by atoms with Crippen LogP contribution >= 0.6 is 0 Å². The maximum atomic E-state index is 6.69. The normalized spacial score (nSPS) is 11.5. The molecule has 6 heteroatoms. The second kappa shape index (κ2) is 15.4. The van der Waals surface area contributed by atoms with Crippen molar-refractivity contribution < 1.29 is 25.8 Å². The number of fused-ring (bicyclic) bond motifs is 3. The summed E-state index contributed by atoms with van der Waals surface area (Å²) in [6.07, 6.45) is 6.70. The molecule has 0 aliphatic rings. The van der Waals surface area contributed by atoms with Crippen LogP contribution in [-0.4, -0.2) is 19.3 Å². The Morgan fingerprint density at radius 2 is 1.53 bits per heavy atom. The molecule has 3 heterocycles. The Labute approximate surface area is 317 Å². The Balaban J connectivity index is 0.00000448. The van der Waals surface area contributed by atoms with Gasteiger partial charge in [0.15, 0.2) is 0 Å². The number of aromatic nitrogens is 4. The van der Waals surface area contributed by atoms with Crippen LogP contribution in [0.25, 0.3) is 44.4 Å². The molecule has 0 amide bonds. The number of rotatable bonds is 11. The molecule has 0 saturated heterocycles. The van der Waals surface area contributed by atoms with Crippen molar-refractivity contribution >= 4 is 21.8 Å². The number of ether oxygens (including phenoxy) is 1. The predicted octanol–water partition coefficient (Wildman–Crippen LogP) is 11.6. The molecule has 0 radical (unpaired) electrons. The molecule has 7 rings (SSSR count). The largest absolute Gasteiger partial charge is 2.00 e. The summed E-state index contributed by atoms with van der Waals surface area (Å²) in [7, 11) is 0. The Bertz CT molecular complexity index is 2310. The number of benzene rings is 4. The number of hydrogen-bond acceptors (Lipinski definition) is 3. The smallest absolute Gasteiger partial charge is 0.509 e. The Morgan fingerprint density at radius 1 is 0.765 bits per heavy atom. The molecular formula is C45H46N4OPt. The maximum Gasteiger partial charge on any atom is 2.00 e. The van der Waals surface area contributed by atoms with Crippen molar-refractivity contribution in [2.24, 2.45) is 0 Å². The summed E-state index contributed by atoms with van der Waals surface area (Å²) in [6, 6.07) is 35.0. The molecule has 262 valence electrons. The minimum absolute atomic E-state index is 0. The van der Waals surface area contributed by atoms with Gasteiger partial charge in [0.1, 0.15) is 5.82 Å². The molecule has 0 spiro atoms. The van der Waals surface area contributed by atoms with Crippen molar-refractivity contribution in [2.45, 2.75) is 86.5 Å². The van der Waals surface area contributed by atoms with Crippen molar-refractivity contribution in [3.8, 4) is 34.1 Å². The number of hydrogen-bond donors (Lipinski definition) is 0. The summed E-state index contributed by atoms with van der Waals surface area (Å²) in [5, 5.41) is 7.61. The molecular weight excluding hydrogens is 808 g/mol. The first kappa shape index (κ1) is 36.3. The third-order valence-electron chi connectivity index (χ3n) is 9.73. The van der Waals surface area contributed by atoms with E-state index in [4.69, 9.17) is 14.8 Å². The van der Waals surface area contributed by atoms with E-state index in [0.717, 1.165) is 71.1 Å². The number of nitrogens with zero attached hydrogens (tertiary/aromatic N) is 4. The minimum Gasteiger partial charge on any atom is -0.509 e. The average Bonchev–Trinajstić information content (AvgIpc) is 3.63. The summed E-state index contributed by atoms with van der Waals surface area (Å²) in [4.78, 5) is 4.78. The van der Waals surface area contributed by atoms with Crippen LogP contribution in [0.5, 0.6) is 11.5 Å². The van der Waals surface area contributed by atoms with E-state index in [1.54, 1.807) is 0 Å². The number of para-hydroxylation sites is 1. The molecule has 4 aromatic carbocycles. The van der Waals surface area contributed by atoms with Gasteiger partial charge in [-0.1, -0.05) is 89.4 Å². The molecule has 0 fully saturated rings. The standard InChI is InChI=1S/C45H46N4O.Pt/c1-8-14-39-45(44-30(6)16-13-17-31(44)7)41(15-9-2)49(47-39)34-25-33(29(4)5)26-36(27-34)50-35-20-21-38-37-18-11-12-19-40(37)48(42(38)28-35)43-24-32(10-3)22-23-46-43;/h11-13,16-26,29H,8-10,14-15H2,1-7H3;/q-2;+2. The first-order valence-corrected chi connectivity index (χ1v) is 18.1. The van der Waals surface area contributed by atoms with Crippen LogP contribution in [0.3, 0.4) is 0 Å². The molecule has 0 unspecified atom stereocenters. The zero-order valence-corrected chi connectivity index (χ0v) is 33.0. The maximum absolute atomic E-state index is 6.69. The molecule has 3 aromatic heterocycles. The van der Waals surface area contributed by atoms with E-state index < -0.39 is 0 Å². The van der Waals surface area contributed by atoms with Crippen LogP contribution in [0.4, 0.5) is 0 Å². The molecule has 5 nitrogen and oxygen atoms in total. The van der Waals surface area contributed by atoms with E-state index >= 15 is 0 Å². The fourth-order valence-electron chi connectivity index (χ4n) is 7.22. The fraction of sp³-hybridized carbons (Fsp3) is 0.289. The topological polar surface area (TPSA) is 44.9 Å². The Kier molecular flexibility index (Phi) is 11.0. The molecule has 0 aliphatic heterocycles. The van der Waals surface area contributed by atoms with Crippen molar-refractivity contribution in [2.75, 3.05) is 0 Å². The van der Waals surface area contributed by atoms with Crippen molar-refractivity contribution in [3.05, 3.63) is 131 Å². The quantitative estimate of drug-likeness (QED) is 0.122. The van der Waals surface area contributed by atoms with Gasteiger partial charge in [0.2, 0.25) is 0 Å². The van der Waals surface area contributed by atoms with Gasteiger partial charge in [0.25, 0.3) is 0 Å². The average molecular weight is 854 g/mol. The number of aryl methyl sites for hydroxylation is 4. The third kappa shape index (κ3) is 6.94. The van der Waals surface area contributed by atoms with E-state index in [1.807, 2.05) is 12.3 Å². The monoisotopic (exact) mass is 853 g/mol. The molecule has 0 bridgehead atoms. The van der Waals surface area contributed by atoms with Crippen LogP contribution in [-0.2, 0) is 40.3 Å². The molecule has 0 N–H and O–H groups in total. The zero-order valence-electron chi connectivity index (χ0n) is 30.7. The molecule has 0 saturated carbocycles.